The van der Waals surface area contributed by atoms with E-state index in [1.54, 1.807) is 0 Å². The molecule has 0 saturated heterocycles. The molecule has 314 valence electrons. The number of hydrogen-bond donors (Lipinski definition) is 1. The summed E-state index contributed by atoms with van der Waals surface area (Å²) in [6, 6.07) is 0. The summed E-state index contributed by atoms with van der Waals surface area (Å²) in [4.78, 5) is 0. The fourth-order valence-electron chi connectivity index (χ4n) is 8.25. The maximum atomic E-state index is 8.89. The van der Waals surface area contributed by atoms with Gasteiger partial charge in [-0.2, -0.15) is 0 Å². The van der Waals surface area contributed by atoms with E-state index in [0.717, 1.165) is 25.6 Å². The molecule has 0 aromatic heterocycles. The Kier molecular flexibility index (Phi) is 48.9. The van der Waals surface area contributed by atoms with Crippen LogP contribution in [0.4, 0.5) is 0 Å². The van der Waals surface area contributed by atoms with E-state index in [2.05, 4.69) is 13.8 Å². The van der Waals surface area contributed by atoms with Crippen LogP contribution < -0.4 is 0 Å². The molecule has 0 fully saturated rings. The Morgan fingerprint density at radius 2 is 0.519 bits per heavy atom. The van der Waals surface area contributed by atoms with Crippen LogP contribution in [-0.4, -0.2) is 24.9 Å². The van der Waals surface area contributed by atoms with Gasteiger partial charge in [-0.25, -0.2) is 0 Å². The van der Waals surface area contributed by atoms with Crippen molar-refractivity contribution in [2.45, 2.75) is 296 Å². The molecule has 0 aliphatic carbocycles. The Labute approximate surface area is 331 Å². The van der Waals surface area contributed by atoms with E-state index in [4.69, 9.17) is 9.84 Å². The first-order valence-corrected chi connectivity index (χ1v) is 25.0. The lowest BCUT2D eigenvalue weighted by molar-refractivity contribution is 0.0878. The molecule has 0 aromatic rings. The molecule has 2 heteroatoms. The van der Waals surface area contributed by atoms with Crippen molar-refractivity contribution >= 4 is 0 Å². The molecule has 2 nitrogen and oxygen atoms in total. The van der Waals surface area contributed by atoms with Crippen LogP contribution in [0, 0.1) is 5.92 Å². The standard InChI is InChI=1S/C50H102O2/c1-3-5-7-9-11-13-15-17-21-25-29-33-37-41-45-50(46-42-38-34-30-26-22-19-20-23-27-31-35-39-43-47-51)49-52-48-44-40-36-32-28-24-18-16-14-12-10-8-6-4-2/h50-51H,3-49H2,1-2H3. The molecule has 0 amide bonds. The Morgan fingerprint density at radius 1 is 0.288 bits per heavy atom. The van der Waals surface area contributed by atoms with Gasteiger partial charge in [0.05, 0.1) is 0 Å². The highest BCUT2D eigenvalue weighted by molar-refractivity contribution is 4.61. The van der Waals surface area contributed by atoms with Gasteiger partial charge in [-0.05, 0) is 31.6 Å². The van der Waals surface area contributed by atoms with Gasteiger partial charge >= 0.3 is 0 Å². The second-order valence-corrected chi connectivity index (χ2v) is 17.4. The summed E-state index contributed by atoms with van der Waals surface area (Å²) in [5, 5.41) is 8.89. The SMILES string of the molecule is CCCCCCCCCCCCCCCCOCC(CCCCCCCCCCCCCCCC)CCCCCCCCCCCCCCCCO. The highest BCUT2D eigenvalue weighted by Crippen LogP contribution is 2.21. The summed E-state index contributed by atoms with van der Waals surface area (Å²) in [5.41, 5.74) is 0. The summed E-state index contributed by atoms with van der Waals surface area (Å²) in [6.07, 6.45) is 62.3. The average molecular weight is 735 g/mol. The minimum absolute atomic E-state index is 0.369. The first-order valence-electron chi connectivity index (χ1n) is 25.0. The summed E-state index contributed by atoms with van der Waals surface area (Å²) in [6.45, 7) is 7.02. The van der Waals surface area contributed by atoms with E-state index in [-0.39, 0.29) is 0 Å². The first kappa shape index (κ1) is 51.9. The summed E-state index contributed by atoms with van der Waals surface area (Å²) >= 11 is 0. The van der Waals surface area contributed by atoms with Crippen LogP contribution in [-0.2, 0) is 4.74 Å². The van der Waals surface area contributed by atoms with Gasteiger partial charge in [0.15, 0.2) is 0 Å². The van der Waals surface area contributed by atoms with Gasteiger partial charge in [0, 0.05) is 19.8 Å². The van der Waals surface area contributed by atoms with Crippen LogP contribution in [0.2, 0.25) is 0 Å². The van der Waals surface area contributed by atoms with Gasteiger partial charge in [-0.3, -0.25) is 0 Å². The predicted molar refractivity (Wildman–Crippen MR) is 236 cm³/mol. The predicted octanol–water partition coefficient (Wildman–Crippen LogP) is 17.8. The molecule has 0 bridgehead atoms. The zero-order valence-corrected chi connectivity index (χ0v) is 36.7. The van der Waals surface area contributed by atoms with E-state index in [1.807, 2.05) is 0 Å². The molecular weight excluding hydrogens is 633 g/mol. The third-order valence-corrected chi connectivity index (χ3v) is 12.0. The summed E-state index contributed by atoms with van der Waals surface area (Å²) in [5.74, 6) is 0.799. The third kappa shape index (κ3) is 46.1. The van der Waals surface area contributed by atoms with Crippen molar-refractivity contribution in [2.75, 3.05) is 19.8 Å². The normalized spacial score (nSPS) is 12.3. The van der Waals surface area contributed by atoms with Crippen molar-refractivity contribution in [1.29, 1.82) is 0 Å². The molecule has 52 heavy (non-hydrogen) atoms. The molecule has 0 rings (SSSR count). The highest BCUT2D eigenvalue weighted by Gasteiger charge is 2.09. The maximum absolute atomic E-state index is 8.89. The molecular formula is C50H102O2. The molecule has 0 heterocycles. The lowest BCUT2D eigenvalue weighted by Gasteiger charge is -2.17. The molecule has 0 aliphatic rings. The van der Waals surface area contributed by atoms with Gasteiger partial charge < -0.3 is 9.84 Å². The summed E-state index contributed by atoms with van der Waals surface area (Å²) < 4.78 is 6.34. The highest BCUT2D eigenvalue weighted by atomic mass is 16.5. The van der Waals surface area contributed by atoms with E-state index in [1.165, 1.54) is 276 Å². The topological polar surface area (TPSA) is 29.5 Å². The van der Waals surface area contributed by atoms with E-state index in [0.29, 0.717) is 6.61 Å². The van der Waals surface area contributed by atoms with Crippen LogP contribution in [0.3, 0.4) is 0 Å². The lowest BCUT2D eigenvalue weighted by Crippen LogP contribution is -2.11. The van der Waals surface area contributed by atoms with Crippen LogP contribution in [0.5, 0.6) is 0 Å². The number of rotatable bonds is 48. The Bertz CT molecular complexity index is 591. The molecule has 1 atom stereocenters. The minimum atomic E-state index is 0.369. The van der Waals surface area contributed by atoms with E-state index in [9.17, 15) is 0 Å². The number of aliphatic hydroxyl groups is 1. The van der Waals surface area contributed by atoms with Crippen LogP contribution in [0.1, 0.15) is 296 Å². The van der Waals surface area contributed by atoms with Crippen molar-refractivity contribution in [3.05, 3.63) is 0 Å². The second kappa shape index (κ2) is 48.9. The molecule has 0 spiro atoms. The van der Waals surface area contributed by atoms with Crippen molar-refractivity contribution in [3.63, 3.8) is 0 Å². The smallest absolute Gasteiger partial charge is 0.0494 e. The fourth-order valence-corrected chi connectivity index (χ4v) is 8.25. The summed E-state index contributed by atoms with van der Waals surface area (Å²) in [7, 11) is 0. The molecule has 1 N–H and O–H groups in total. The largest absolute Gasteiger partial charge is 0.396 e. The third-order valence-electron chi connectivity index (χ3n) is 12.0. The lowest BCUT2D eigenvalue weighted by atomic mass is 9.94. The first-order chi connectivity index (χ1) is 25.8. The van der Waals surface area contributed by atoms with Crippen LogP contribution in [0.15, 0.2) is 0 Å². The number of ether oxygens (including phenoxy) is 1. The molecule has 0 radical (unpaired) electrons. The molecule has 0 aliphatic heterocycles. The molecule has 0 aromatic carbocycles. The van der Waals surface area contributed by atoms with Crippen molar-refractivity contribution in [2.24, 2.45) is 5.92 Å². The number of unbranched alkanes of at least 4 members (excludes halogenated alkanes) is 39. The average Bonchev–Trinajstić information content (AvgIpc) is 3.15. The Morgan fingerprint density at radius 3 is 0.788 bits per heavy atom. The van der Waals surface area contributed by atoms with E-state index >= 15 is 0 Å². The van der Waals surface area contributed by atoms with Crippen molar-refractivity contribution in [3.8, 4) is 0 Å². The Hall–Kier alpha value is -0.0800. The quantitative estimate of drug-likeness (QED) is 0.0631. The van der Waals surface area contributed by atoms with Crippen molar-refractivity contribution in [1.82, 2.24) is 0 Å². The molecule has 0 saturated carbocycles. The Balaban J connectivity index is 3.93. The monoisotopic (exact) mass is 735 g/mol. The van der Waals surface area contributed by atoms with Gasteiger partial charge in [0.1, 0.15) is 0 Å². The maximum Gasteiger partial charge on any atom is 0.0494 e. The van der Waals surface area contributed by atoms with Crippen molar-refractivity contribution < 1.29 is 9.84 Å². The van der Waals surface area contributed by atoms with Gasteiger partial charge in [0.25, 0.3) is 0 Å². The second-order valence-electron chi connectivity index (χ2n) is 17.4. The van der Waals surface area contributed by atoms with Crippen LogP contribution in [0.25, 0.3) is 0 Å². The number of hydrogen-bond acceptors (Lipinski definition) is 2. The number of aliphatic hydroxyl groups excluding tert-OH is 1. The minimum Gasteiger partial charge on any atom is -0.396 e. The van der Waals surface area contributed by atoms with Gasteiger partial charge in [0.2, 0.25) is 0 Å². The van der Waals surface area contributed by atoms with E-state index < -0.39 is 0 Å². The van der Waals surface area contributed by atoms with Gasteiger partial charge in [-0.1, -0.05) is 271 Å². The zero-order valence-electron chi connectivity index (χ0n) is 36.7. The van der Waals surface area contributed by atoms with Gasteiger partial charge in [-0.15, -0.1) is 0 Å². The fraction of sp³-hybridized carbons (Fsp3) is 1.00. The zero-order chi connectivity index (χ0) is 37.5. The van der Waals surface area contributed by atoms with Crippen LogP contribution >= 0.6 is 0 Å². The molecule has 1 unspecified atom stereocenters.